The van der Waals surface area contributed by atoms with Gasteiger partial charge in [-0.25, -0.2) is 0 Å². The van der Waals surface area contributed by atoms with Crippen LogP contribution >= 0.6 is 0 Å². The molecule has 2 rings (SSSR count). The lowest BCUT2D eigenvalue weighted by molar-refractivity contribution is -0.184. The average Bonchev–Trinajstić information content (AvgIpc) is 2.78. The van der Waals surface area contributed by atoms with Crippen LogP contribution in [0, 0.1) is 0 Å². The molecular weight excluding hydrogens is 234 g/mol. The SMILES string of the molecule is CCCN(CC(=O)O)C1CCC2(CC1)OCCO2. The van der Waals surface area contributed by atoms with Crippen LogP contribution in [0.15, 0.2) is 0 Å². The fourth-order valence-electron chi connectivity index (χ4n) is 3.04. The molecule has 1 saturated carbocycles. The van der Waals surface area contributed by atoms with Crippen LogP contribution < -0.4 is 0 Å². The molecule has 0 unspecified atom stereocenters. The molecule has 2 fully saturated rings. The second kappa shape index (κ2) is 5.99. The summed E-state index contributed by atoms with van der Waals surface area (Å²) in [6.07, 6.45) is 4.69. The number of carboxylic acids is 1. The lowest BCUT2D eigenvalue weighted by atomic mass is 9.89. The minimum Gasteiger partial charge on any atom is -0.480 e. The maximum absolute atomic E-state index is 10.9. The molecule has 0 atom stereocenters. The summed E-state index contributed by atoms with van der Waals surface area (Å²) in [4.78, 5) is 13.0. The van der Waals surface area contributed by atoms with Crippen LogP contribution in [0.4, 0.5) is 0 Å². The highest BCUT2D eigenvalue weighted by molar-refractivity contribution is 5.69. The zero-order valence-electron chi connectivity index (χ0n) is 11.1. The summed E-state index contributed by atoms with van der Waals surface area (Å²) in [6.45, 7) is 4.47. The standard InChI is InChI=1S/C13H23NO4/c1-2-7-14(10-12(15)16)11-3-5-13(6-4-11)17-8-9-18-13/h11H,2-10H2,1H3,(H,15,16). The summed E-state index contributed by atoms with van der Waals surface area (Å²) in [5, 5.41) is 8.96. The first kappa shape index (κ1) is 13.8. The van der Waals surface area contributed by atoms with Crippen LogP contribution in [0.2, 0.25) is 0 Å². The van der Waals surface area contributed by atoms with Crippen LogP contribution in [0.25, 0.3) is 0 Å². The smallest absolute Gasteiger partial charge is 0.317 e. The molecule has 0 aromatic carbocycles. The first-order valence-electron chi connectivity index (χ1n) is 6.89. The quantitative estimate of drug-likeness (QED) is 0.808. The number of rotatable bonds is 5. The van der Waals surface area contributed by atoms with E-state index in [4.69, 9.17) is 14.6 Å². The van der Waals surface area contributed by atoms with Gasteiger partial charge in [-0.3, -0.25) is 9.69 Å². The van der Waals surface area contributed by atoms with E-state index in [0.717, 1.165) is 38.6 Å². The molecule has 0 bridgehead atoms. The minimum atomic E-state index is -0.739. The molecule has 2 aliphatic rings. The third-order valence-corrected chi connectivity index (χ3v) is 3.90. The van der Waals surface area contributed by atoms with Crippen molar-refractivity contribution in [3.63, 3.8) is 0 Å². The lowest BCUT2D eigenvalue weighted by Gasteiger charge is -2.39. The molecule has 0 radical (unpaired) electrons. The summed E-state index contributed by atoms with van der Waals surface area (Å²) in [5.74, 6) is -1.09. The molecular formula is C13H23NO4. The Morgan fingerprint density at radius 3 is 2.44 bits per heavy atom. The molecule has 0 aromatic rings. The molecule has 5 nitrogen and oxygen atoms in total. The van der Waals surface area contributed by atoms with Gasteiger partial charge in [-0.2, -0.15) is 0 Å². The van der Waals surface area contributed by atoms with Crippen molar-refractivity contribution in [2.45, 2.75) is 50.9 Å². The number of hydrogen-bond acceptors (Lipinski definition) is 4. The largest absolute Gasteiger partial charge is 0.480 e. The zero-order chi connectivity index (χ0) is 13.0. The number of hydrogen-bond donors (Lipinski definition) is 1. The molecule has 0 amide bonds. The Bertz CT molecular complexity index is 279. The summed E-state index contributed by atoms with van der Waals surface area (Å²) >= 11 is 0. The van der Waals surface area contributed by atoms with Gasteiger partial charge in [0.2, 0.25) is 0 Å². The van der Waals surface area contributed by atoms with E-state index in [1.165, 1.54) is 0 Å². The second-order valence-corrected chi connectivity index (χ2v) is 5.20. The third kappa shape index (κ3) is 3.22. The van der Waals surface area contributed by atoms with Gasteiger partial charge >= 0.3 is 5.97 Å². The van der Waals surface area contributed by atoms with Gasteiger partial charge < -0.3 is 14.6 Å². The number of aliphatic carboxylic acids is 1. The molecule has 5 heteroatoms. The molecule has 1 heterocycles. The van der Waals surface area contributed by atoms with Gasteiger partial charge in [0.25, 0.3) is 0 Å². The van der Waals surface area contributed by atoms with Crippen molar-refractivity contribution in [1.82, 2.24) is 4.90 Å². The van der Waals surface area contributed by atoms with Crippen molar-refractivity contribution in [1.29, 1.82) is 0 Å². The number of nitrogens with zero attached hydrogens (tertiary/aromatic N) is 1. The molecule has 0 aromatic heterocycles. The summed E-state index contributed by atoms with van der Waals surface area (Å²) in [7, 11) is 0. The Balaban J connectivity index is 1.87. The third-order valence-electron chi connectivity index (χ3n) is 3.90. The zero-order valence-corrected chi connectivity index (χ0v) is 11.1. The summed E-state index contributed by atoms with van der Waals surface area (Å²) in [6, 6.07) is 0.361. The van der Waals surface area contributed by atoms with Crippen molar-refractivity contribution < 1.29 is 19.4 Å². The monoisotopic (exact) mass is 257 g/mol. The van der Waals surface area contributed by atoms with Gasteiger partial charge in [0.1, 0.15) is 0 Å². The number of carboxylic acid groups (broad SMARTS) is 1. The Kier molecular flexibility index (Phi) is 4.59. The molecule has 1 saturated heterocycles. The number of carbonyl (C=O) groups is 1. The van der Waals surface area contributed by atoms with Crippen LogP contribution in [-0.4, -0.2) is 54.1 Å². The van der Waals surface area contributed by atoms with Crippen molar-refractivity contribution in [2.75, 3.05) is 26.3 Å². The molecule has 1 N–H and O–H groups in total. The van der Waals surface area contributed by atoms with Crippen LogP contribution in [0.5, 0.6) is 0 Å². The normalized spacial score (nSPS) is 23.9. The van der Waals surface area contributed by atoms with Crippen molar-refractivity contribution in [3.8, 4) is 0 Å². The van der Waals surface area contributed by atoms with Gasteiger partial charge in [-0.05, 0) is 25.8 Å². The lowest BCUT2D eigenvalue weighted by Crippen LogP contribution is -2.46. The summed E-state index contributed by atoms with van der Waals surface area (Å²) in [5.41, 5.74) is 0. The Morgan fingerprint density at radius 2 is 1.94 bits per heavy atom. The van der Waals surface area contributed by atoms with Crippen LogP contribution in [0.3, 0.4) is 0 Å². The Morgan fingerprint density at radius 1 is 1.33 bits per heavy atom. The van der Waals surface area contributed by atoms with E-state index in [1.807, 2.05) is 0 Å². The highest BCUT2D eigenvalue weighted by Crippen LogP contribution is 2.37. The topological polar surface area (TPSA) is 59.0 Å². The minimum absolute atomic E-state index is 0.146. The van der Waals surface area contributed by atoms with Crippen molar-refractivity contribution in [2.24, 2.45) is 0 Å². The predicted molar refractivity (Wildman–Crippen MR) is 66.4 cm³/mol. The van der Waals surface area contributed by atoms with E-state index in [0.29, 0.717) is 19.3 Å². The second-order valence-electron chi connectivity index (χ2n) is 5.20. The fourth-order valence-corrected chi connectivity index (χ4v) is 3.04. The van der Waals surface area contributed by atoms with E-state index in [-0.39, 0.29) is 12.3 Å². The molecule has 1 aliphatic heterocycles. The fraction of sp³-hybridized carbons (Fsp3) is 0.923. The van der Waals surface area contributed by atoms with E-state index in [9.17, 15) is 4.79 Å². The molecule has 104 valence electrons. The van der Waals surface area contributed by atoms with Gasteiger partial charge in [0, 0.05) is 18.9 Å². The first-order valence-corrected chi connectivity index (χ1v) is 6.89. The van der Waals surface area contributed by atoms with Gasteiger partial charge in [-0.1, -0.05) is 6.92 Å². The first-order chi connectivity index (χ1) is 8.65. The van der Waals surface area contributed by atoms with E-state index >= 15 is 0 Å². The Hall–Kier alpha value is -0.650. The van der Waals surface area contributed by atoms with Crippen molar-refractivity contribution >= 4 is 5.97 Å². The molecule has 1 aliphatic carbocycles. The molecule has 1 spiro atoms. The van der Waals surface area contributed by atoms with E-state index < -0.39 is 5.97 Å². The van der Waals surface area contributed by atoms with Gasteiger partial charge in [0.15, 0.2) is 5.79 Å². The predicted octanol–water partition coefficient (Wildman–Crippen LogP) is 1.47. The Labute approximate surface area is 108 Å². The average molecular weight is 257 g/mol. The van der Waals surface area contributed by atoms with Crippen molar-refractivity contribution in [3.05, 3.63) is 0 Å². The van der Waals surface area contributed by atoms with E-state index in [2.05, 4.69) is 11.8 Å². The molecule has 18 heavy (non-hydrogen) atoms. The maximum Gasteiger partial charge on any atom is 0.317 e. The van der Waals surface area contributed by atoms with E-state index in [1.54, 1.807) is 0 Å². The maximum atomic E-state index is 10.9. The highest BCUT2D eigenvalue weighted by atomic mass is 16.7. The van der Waals surface area contributed by atoms with Gasteiger partial charge in [0.05, 0.1) is 19.8 Å². The summed E-state index contributed by atoms with van der Waals surface area (Å²) < 4.78 is 11.4. The van der Waals surface area contributed by atoms with Crippen LogP contribution in [-0.2, 0) is 14.3 Å². The van der Waals surface area contributed by atoms with Crippen LogP contribution in [0.1, 0.15) is 39.0 Å². The van der Waals surface area contributed by atoms with Gasteiger partial charge in [-0.15, -0.1) is 0 Å². The highest BCUT2D eigenvalue weighted by Gasteiger charge is 2.41. The number of ether oxygens (including phenoxy) is 2.